The summed E-state index contributed by atoms with van der Waals surface area (Å²) in [5, 5.41) is 1.22. The molecule has 1 aliphatic heterocycles. The van der Waals surface area contributed by atoms with Gasteiger partial charge in [0.05, 0.1) is 23.3 Å². The fourth-order valence-corrected chi connectivity index (χ4v) is 3.39. The predicted molar refractivity (Wildman–Crippen MR) is 85.9 cm³/mol. The normalized spacial score (nSPS) is 15.6. The van der Waals surface area contributed by atoms with Gasteiger partial charge in [0.2, 0.25) is 5.91 Å². The Morgan fingerprint density at radius 3 is 2.82 bits per heavy atom. The fourth-order valence-electron chi connectivity index (χ4n) is 2.32. The second-order valence-electron chi connectivity index (χ2n) is 4.99. The summed E-state index contributed by atoms with van der Waals surface area (Å²) in [6, 6.07) is 3.51. The first kappa shape index (κ1) is 17.1. The molecule has 7 heteroatoms. The molecule has 1 aromatic rings. The molecule has 2 rings (SSSR count). The molecule has 22 heavy (non-hydrogen) atoms. The van der Waals surface area contributed by atoms with Crippen molar-refractivity contribution in [1.82, 2.24) is 9.88 Å². The summed E-state index contributed by atoms with van der Waals surface area (Å²) in [6.07, 6.45) is 2.99. The van der Waals surface area contributed by atoms with E-state index in [9.17, 15) is 9.59 Å². The van der Waals surface area contributed by atoms with Gasteiger partial charge in [-0.15, -0.1) is 0 Å². The number of ether oxygens (including phenoxy) is 1. The van der Waals surface area contributed by atoms with E-state index in [4.69, 9.17) is 16.3 Å². The van der Waals surface area contributed by atoms with E-state index in [1.54, 1.807) is 30.2 Å². The molecule has 0 N–H and O–H groups in total. The maximum Gasteiger partial charge on any atom is 0.309 e. The molecular weight excluding hydrogens is 324 g/mol. The van der Waals surface area contributed by atoms with Crippen LogP contribution in [0.3, 0.4) is 0 Å². The summed E-state index contributed by atoms with van der Waals surface area (Å²) in [7, 11) is 0. The van der Waals surface area contributed by atoms with E-state index in [1.165, 1.54) is 11.8 Å². The number of carbonyl (C=O) groups is 2. The van der Waals surface area contributed by atoms with Gasteiger partial charge >= 0.3 is 5.97 Å². The highest BCUT2D eigenvalue weighted by molar-refractivity contribution is 8.00. The van der Waals surface area contributed by atoms with Crippen LogP contribution in [-0.2, 0) is 14.3 Å². The molecule has 5 nitrogen and oxygen atoms in total. The van der Waals surface area contributed by atoms with E-state index in [2.05, 4.69) is 4.98 Å². The van der Waals surface area contributed by atoms with Crippen LogP contribution in [0.15, 0.2) is 23.4 Å². The highest BCUT2D eigenvalue weighted by Gasteiger charge is 2.28. The van der Waals surface area contributed by atoms with Crippen molar-refractivity contribution < 1.29 is 14.3 Å². The van der Waals surface area contributed by atoms with Gasteiger partial charge in [-0.2, -0.15) is 0 Å². The summed E-state index contributed by atoms with van der Waals surface area (Å²) in [5.41, 5.74) is 0. The number of carbonyl (C=O) groups excluding carboxylic acids is 2. The van der Waals surface area contributed by atoms with Gasteiger partial charge in [0.25, 0.3) is 0 Å². The molecule has 0 unspecified atom stereocenters. The van der Waals surface area contributed by atoms with Crippen LogP contribution < -0.4 is 0 Å². The van der Waals surface area contributed by atoms with E-state index in [-0.39, 0.29) is 17.8 Å². The average Bonchev–Trinajstić information content (AvgIpc) is 2.54. The van der Waals surface area contributed by atoms with Crippen molar-refractivity contribution >= 4 is 35.2 Å². The minimum atomic E-state index is -0.149. The van der Waals surface area contributed by atoms with Crippen LogP contribution in [0.1, 0.15) is 19.8 Å². The van der Waals surface area contributed by atoms with Gasteiger partial charge in [0.15, 0.2) is 0 Å². The Kier molecular flexibility index (Phi) is 6.51. The lowest BCUT2D eigenvalue weighted by Gasteiger charge is -2.30. The van der Waals surface area contributed by atoms with Gasteiger partial charge in [-0.25, -0.2) is 4.98 Å². The third kappa shape index (κ3) is 4.61. The van der Waals surface area contributed by atoms with Crippen molar-refractivity contribution in [1.29, 1.82) is 0 Å². The standard InChI is InChI=1S/C15H19ClN2O3S/c1-2-21-15(20)11-5-8-18(9-6-11)13(19)10-22-14-12(16)4-3-7-17-14/h3-4,7,11H,2,5-6,8-10H2,1H3. The first-order valence-corrected chi connectivity index (χ1v) is 8.66. The first-order valence-electron chi connectivity index (χ1n) is 7.29. The maximum atomic E-state index is 12.2. The Balaban J connectivity index is 1.78. The number of likely N-dealkylation sites (tertiary alicyclic amines) is 1. The number of esters is 1. The summed E-state index contributed by atoms with van der Waals surface area (Å²) >= 11 is 7.36. The molecule has 1 fully saturated rings. The molecular formula is C15H19ClN2O3S. The van der Waals surface area contributed by atoms with Crippen molar-refractivity contribution in [2.75, 3.05) is 25.4 Å². The molecule has 1 aromatic heterocycles. The van der Waals surface area contributed by atoms with Gasteiger partial charge in [-0.1, -0.05) is 23.4 Å². The number of hydrogen-bond donors (Lipinski definition) is 0. The van der Waals surface area contributed by atoms with Crippen LogP contribution >= 0.6 is 23.4 Å². The number of hydrogen-bond acceptors (Lipinski definition) is 5. The number of aromatic nitrogens is 1. The van der Waals surface area contributed by atoms with E-state index in [0.29, 0.717) is 48.3 Å². The number of thioether (sulfide) groups is 1. The van der Waals surface area contributed by atoms with E-state index in [1.807, 2.05) is 0 Å². The molecule has 0 aliphatic carbocycles. The molecule has 0 saturated carbocycles. The minimum Gasteiger partial charge on any atom is -0.466 e. The monoisotopic (exact) mass is 342 g/mol. The van der Waals surface area contributed by atoms with E-state index < -0.39 is 0 Å². The molecule has 1 amide bonds. The summed E-state index contributed by atoms with van der Waals surface area (Å²) in [5.74, 6) is 0.126. The van der Waals surface area contributed by atoms with Crippen molar-refractivity contribution in [3.63, 3.8) is 0 Å². The van der Waals surface area contributed by atoms with Gasteiger partial charge in [-0.05, 0) is 31.9 Å². The van der Waals surface area contributed by atoms with Crippen molar-refractivity contribution in [2.24, 2.45) is 5.92 Å². The molecule has 1 saturated heterocycles. The number of nitrogens with zero attached hydrogens (tertiary/aromatic N) is 2. The second-order valence-corrected chi connectivity index (χ2v) is 6.36. The SMILES string of the molecule is CCOC(=O)C1CCN(C(=O)CSc2ncccc2Cl)CC1. The molecule has 0 aromatic carbocycles. The van der Waals surface area contributed by atoms with E-state index >= 15 is 0 Å². The fraction of sp³-hybridized carbons (Fsp3) is 0.533. The van der Waals surface area contributed by atoms with E-state index in [0.717, 1.165) is 0 Å². The Morgan fingerprint density at radius 1 is 1.45 bits per heavy atom. The predicted octanol–water partition coefficient (Wildman–Crippen LogP) is 2.63. The summed E-state index contributed by atoms with van der Waals surface area (Å²) < 4.78 is 5.03. The summed E-state index contributed by atoms with van der Waals surface area (Å²) in [6.45, 7) is 3.40. The average molecular weight is 343 g/mol. The van der Waals surface area contributed by atoms with Crippen molar-refractivity contribution in [3.05, 3.63) is 23.4 Å². The minimum absolute atomic E-state index is 0.0500. The van der Waals surface area contributed by atoms with Crippen LogP contribution in [0.4, 0.5) is 0 Å². The smallest absolute Gasteiger partial charge is 0.309 e. The molecule has 0 bridgehead atoms. The third-order valence-electron chi connectivity index (χ3n) is 3.52. The number of halogens is 1. The Labute approximate surface area is 139 Å². The molecule has 1 aliphatic rings. The first-order chi connectivity index (χ1) is 10.6. The molecule has 0 radical (unpaired) electrons. The largest absolute Gasteiger partial charge is 0.466 e. The van der Waals surface area contributed by atoms with Gasteiger partial charge in [0, 0.05) is 19.3 Å². The lowest BCUT2D eigenvalue weighted by molar-refractivity contribution is -0.151. The molecule has 2 heterocycles. The van der Waals surface area contributed by atoms with Gasteiger partial charge in [0.1, 0.15) is 5.03 Å². The van der Waals surface area contributed by atoms with Crippen LogP contribution in [0.2, 0.25) is 5.02 Å². The Hall–Kier alpha value is -1.27. The lowest BCUT2D eigenvalue weighted by Crippen LogP contribution is -2.41. The third-order valence-corrected chi connectivity index (χ3v) is 4.93. The summed E-state index contributed by atoms with van der Waals surface area (Å²) in [4.78, 5) is 29.8. The molecule has 0 atom stereocenters. The highest BCUT2D eigenvalue weighted by Crippen LogP contribution is 2.25. The number of pyridine rings is 1. The number of rotatable bonds is 5. The zero-order chi connectivity index (χ0) is 15.9. The van der Waals surface area contributed by atoms with Gasteiger partial charge < -0.3 is 9.64 Å². The maximum absolute atomic E-state index is 12.2. The van der Waals surface area contributed by atoms with Crippen LogP contribution in [0, 0.1) is 5.92 Å². The highest BCUT2D eigenvalue weighted by atomic mass is 35.5. The molecule has 120 valence electrons. The van der Waals surface area contributed by atoms with Gasteiger partial charge in [-0.3, -0.25) is 9.59 Å². The quantitative estimate of drug-likeness (QED) is 0.608. The topological polar surface area (TPSA) is 59.5 Å². The molecule has 0 spiro atoms. The Morgan fingerprint density at radius 2 is 2.18 bits per heavy atom. The second kappa shape index (κ2) is 8.39. The Bertz CT molecular complexity index is 533. The zero-order valence-corrected chi connectivity index (χ0v) is 14.0. The van der Waals surface area contributed by atoms with Crippen LogP contribution in [0.5, 0.6) is 0 Å². The van der Waals surface area contributed by atoms with Crippen LogP contribution in [0.25, 0.3) is 0 Å². The number of amides is 1. The van der Waals surface area contributed by atoms with Crippen LogP contribution in [-0.4, -0.2) is 47.2 Å². The van der Waals surface area contributed by atoms with Crippen molar-refractivity contribution in [3.8, 4) is 0 Å². The lowest BCUT2D eigenvalue weighted by atomic mass is 9.97. The number of piperidine rings is 1. The van der Waals surface area contributed by atoms with Crippen molar-refractivity contribution in [2.45, 2.75) is 24.8 Å². The zero-order valence-electron chi connectivity index (χ0n) is 12.5.